The van der Waals surface area contributed by atoms with Crippen LogP contribution in [-0.4, -0.2) is 30.4 Å². The number of hydrogen-bond acceptors (Lipinski definition) is 6. The van der Waals surface area contributed by atoms with Crippen LogP contribution in [-0.2, 0) is 27.3 Å². The third-order valence-corrected chi connectivity index (χ3v) is 5.68. The molecule has 0 bridgehead atoms. The van der Waals surface area contributed by atoms with Crippen LogP contribution in [0, 0.1) is 5.92 Å². The molecule has 2 heterocycles. The van der Waals surface area contributed by atoms with E-state index in [1.54, 1.807) is 37.3 Å². The van der Waals surface area contributed by atoms with E-state index in [-0.39, 0.29) is 18.3 Å². The van der Waals surface area contributed by atoms with E-state index in [1.807, 2.05) is 0 Å². The molecular formula is C20H20ClNO5S. The number of ketones is 1. The molecule has 0 radical (unpaired) electrons. The molecule has 2 aromatic rings. The number of rotatable bonds is 6. The second kappa shape index (κ2) is 8.75. The third kappa shape index (κ3) is 4.91. The molecule has 0 spiro atoms. The molecule has 0 aliphatic carbocycles. The first-order valence-corrected chi connectivity index (χ1v) is 10.0. The van der Waals surface area contributed by atoms with E-state index < -0.39 is 18.0 Å². The van der Waals surface area contributed by atoms with Gasteiger partial charge in [-0.15, -0.1) is 11.3 Å². The third-order valence-electron chi connectivity index (χ3n) is 4.34. The van der Waals surface area contributed by atoms with Crippen molar-refractivity contribution >= 4 is 40.6 Å². The number of ether oxygens (including phenoxy) is 2. The summed E-state index contributed by atoms with van der Waals surface area (Å²) in [6.45, 7) is 3.56. The van der Waals surface area contributed by atoms with Gasteiger partial charge in [-0.2, -0.15) is 0 Å². The Morgan fingerprint density at radius 2 is 2.11 bits per heavy atom. The largest absolute Gasteiger partial charge is 0.492 e. The zero-order valence-corrected chi connectivity index (χ0v) is 17.1. The summed E-state index contributed by atoms with van der Waals surface area (Å²) in [6.07, 6.45) is -0.448. The summed E-state index contributed by atoms with van der Waals surface area (Å²) in [5, 5.41) is 3.26. The van der Waals surface area contributed by atoms with Gasteiger partial charge in [0.15, 0.2) is 6.10 Å². The van der Waals surface area contributed by atoms with E-state index >= 15 is 0 Å². The van der Waals surface area contributed by atoms with Gasteiger partial charge in [-0.05, 0) is 49.2 Å². The van der Waals surface area contributed by atoms with Crippen molar-refractivity contribution in [3.05, 3.63) is 50.7 Å². The summed E-state index contributed by atoms with van der Waals surface area (Å²) < 4.78 is 11.0. The molecule has 1 N–H and O–H groups in total. The van der Waals surface area contributed by atoms with E-state index in [0.717, 1.165) is 10.4 Å². The Morgan fingerprint density at radius 3 is 2.86 bits per heavy atom. The van der Waals surface area contributed by atoms with Crippen LogP contribution >= 0.6 is 22.9 Å². The van der Waals surface area contributed by atoms with Gasteiger partial charge in [0.05, 0.1) is 17.3 Å². The van der Waals surface area contributed by atoms with Crippen molar-refractivity contribution in [3.63, 3.8) is 0 Å². The molecule has 0 saturated carbocycles. The van der Waals surface area contributed by atoms with Crippen LogP contribution in [0.4, 0.5) is 0 Å². The molecule has 1 amide bonds. The first-order chi connectivity index (χ1) is 13.3. The highest BCUT2D eigenvalue weighted by atomic mass is 35.5. The predicted molar refractivity (Wildman–Crippen MR) is 106 cm³/mol. The van der Waals surface area contributed by atoms with Gasteiger partial charge >= 0.3 is 5.97 Å². The summed E-state index contributed by atoms with van der Waals surface area (Å²) in [5.74, 6) is -0.655. The molecule has 8 heteroatoms. The Morgan fingerprint density at radius 1 is 1.32 bits per heavy atom. The molecule has 0 saturated heterocycles. The zero-order valence-electron chi connectivity index (χ0n) is 15.5. The molecule has 28 heavy (non-hydrogen) atoms. The number of carbonyl (C=O) groups is 3. The minimum atomic E-state index is -0.902. The highest BCUT2D eigenvalue weighted by Gasteiger charge is 2.30. The van der Waals surface area contributed by atoms with Gasteiger partial charge in [-0.3, -0.25) is 14.4 Å². The number of fused-ring (bicyclic) bond motifs is 1. The van der Waals surface area contributed by atoms with Crippen LogP contribution in [0.3, 0.4) is 0 Å². The summed E-state index contributed by atoms with van der Waals surface area (Å²) in [5.41, 5.74) is 0.848. The maximum absolute atomic E-state index is 12.6. The quantitative estimate of drug-likeness (QED) is 0.571. The SMILES string of the molecule is CC(=O)NCc1ccc(C(=O)C(C)OC(=O)C2COc3ccc(Cl)cc3C2)s1. The number of hydrogen-bond donors (Lipinski definition) is 1. The number of esters is 1. The fraction of sp³-hybridized carbons (Fsp3) is 0.350. The normalized spacial score (nSPS) is 16.5. The lowest BCUT2D eigenvalue weighted by atomic mass is 9.97. The number of amides is 1. The molecule has 6 nitrogen and oxygen atoms in total. The first-order valence-electron chi connectivity index (χ1n) is 8.82. The second-order valence-electron chi connectivity index (χ2n) is 6.58. The van der Waals surface area contributed by atoms with Gasteiger partial charge < -0.3 is 14.8 Å². The summed E-state index contributed by atoms with van der Waals surface area (Å²) in [6, 6.07) is 8.74. The standard InChI is InChI=1S/C20H20ClNO5S/c1-11(19(24)18-6-4-16(28-18)9-22-12(2)23)27-20(25)14-7-13-8-15(21)3-5-17(13)26-10-14/h3-6,8,11,14H,7,9-10H2,1-2H3,(H,22,23). The maximum Gasteiger partial charge on any atom is 0.313 e. The molecule has 1 aliphatic rings. The molecule has 148 valence electrons. The average Bonchev–Trinajstić information content (AvgIpc) is 3.14. The van der Waals surface area contributed by atoms with Crippen LogP contribution in [0.2, 0.25) is 5.02 Å². The molecule has 1 aliphatic heterocycles. The molecule has 3 rings (SSSR count). The van der Waals surface area contributed by atoms with E-state index in [9.17, 15) is 14.4 Å². The highest BCUT2D eigenvalue weighted by molar-refractivity contribution is 7.14. The number of benzene rings is 1. The second-order valence-corrected chi connectivity index (χ2v) is 8.19. The number of nitrogens with one attached hydrogen (secondary N) is 1. The monoisotopic (exact) mass is 421 g/mol. The minimum Gasteiger partial charge on any atom is -0.492 e. The van der Waals surface area contributed by atoms with Crippen molar-refractivity contribution in [2.75, 3.05) is 6.61 Å². The molecular weight excluding hydrogens is 402 g/mol. The van der Waals surface area contributed by atoms with Gasteiger partial charge in [-0.25, -0.2) is 0 Å². The smallest absolute Gasteiger partial charge is 0.313 e. The van der Waals surface area contributed by atoms with Crippen molar-refractivity contribution < 1.29 is 23.9 Å². The molecule has 1 aromatic carbocycles. The van der Waals surface area contributed by atoms with Gasteiger partial charge in [0.2, 0.25) is 11.7 Å². The number of Topliss-reactive ketones (excluding diaryl/α,β-unsaturated/α-hetero) is 1. The Balaban J connectivity index is 1.58. The Bertz CT molecular complexity index is 910. The van der Waals surface area contributed by atoms with Gasteiger partial charge in [-0.1, -0.05) is 11.6 Å². The van der Waals surface area contributed by atoms with Crippen molar-refractivity contribution in [2.24, 2.45) is 5.92 Å². The maximum atomic E-state index is 12.6. The Hall–Kier alpha value is -2.38. The van der Waals surface area contributed by atoms with E-state index in [0.29, 0.717) is 28.6 Å². The minimum absolute atomic E-state index is 0.138. The number of halogens is 1. The summed E-state index contributed by atoms with van der Waals surface area (Å²) in [7, 11) is 0. The van der Waals surface area contributed by atoms with E-state index in [1.165, 1.54) is 18.3 Å². The van der Waals surface area contributed by atoms with Gasteiger partial charge in [0.25, 0.3) is 0 Å². The number of thiophene rings is 1. The predicted octanol–water partition coefficient (Wildman–Crippen LogP) is 3.40. The lowest BCUT2D eigenvalue weighted by Crippen LogP contribution is -2.33. The Kier molecular flexibility index (Phi) is 6.36. The van der Waals surface area contributed by atoms with Crippen LogP contribution in [0.15, 0.2) is 30.3 Å². The van der Waals surface area contributed by atoms with Crippen molar-refractivity contribution in [1.82, 2.24) is 5.32 Å². The molecule has 0 fully saturated rings. The van der Waals surface area contributed by atoms with Crippen molar-refractivity contribution in [1.29, 1.82) is 0 Å². The fourth-order valence-electron chi connectivity index (χ4n) is 2.86. The lowest BCUT2D eigenvalue weighted by Gasteiger charge is -2.25. The summed E-state index contributed by atoms with van der Waals surface area (Å²) in [4.78, 5) is 37.4. The van der Waals surface area contributed by atoms with E-state index in [4.69, 9.17) is 21.1 Å². The fourth-order valence-corrected chi connectivity index (χ4v) is 4.02. The highest BCUT2D eigenvalue weighted by Crippen LogP contribution is 2.30. The van der Waals surface area contributed by atoms with Crippen LogP contribution in [0.25, 0.3) is 0 Å². The van der Waals surface area contributed by atoms with Gasteiger partial charge in [0.1, 0.15) is 12.4 Å². The first kappa shape index (κ1) is 20.4. The Labute approximate surface area is 171 Å². The van der Waals surface area contributed by atoms with Crippen LogP contribution in [0.1, 0.15) is 34.0 Å². The van der Waals surface area contributed by atoms with Crippen LogP contribution < -0.4 is 10.1 Å². The van der Waals surface area contributed by atoms with Crippen LogP contribution in [0.5, 0.6) is 5.75 Å². The van der Waals surface area contributed by atoms with Crippen molar-refractivity contribution in [2.45, 2.75) is 32.9 Å². The molecule has 1 aromatic heterocycles. The molecule has 2 unspecified atom stereocenters. The van der Waals surface area contributed by atoms with Crippen molar-refractivity contribution in [3.8, 4) is 5.75 Å². The van der Waals surface area contributed by atoms with Gasteiger partial charge in [0, 0.05) is 16.8 Å². The zero-order chi connectivity index (χ0) is 20.3. The number of carbonyl (C=O) groups excluding carboxylic acids is 3. The lowest BCUT2D eigenvalue weighted by molar-refractivity contribution is -0.152. The van der Waals surface area contributed by atoms with E-state index in [2.05, 4.69) is 5.32 Å². The topological polar surface area (TPSA) is 81.7 Å². The molecule has 2 atom stereocenters. The average molecular weight is 422 g/mol. The summed E-state index contributed by atoms with van der Waals surface area (Å²) >= 11 is 7.27.